The Morgan fingerprint density at radius 1 is 1.21 bits per heavy atom. The van der Waals surface area contributed by atoms with Gasteiger partial charge in [0.1, 0.15) is 17.3 Å². The lowest BCUT2D eigenvalue weighted by Gasteiger charge is -2.08. The predicted octanol–water partition coefficient (Wildman–Crippen LogP) is 3.21. The normalized spacial score (nSPS) is 10.2. The van der Waals surface area contributed by atoms with Crippen LogP contribution in [-0.2, 0) is 0 Å². The molecule has 0 spiro atoms. The number of halogens is 1. The van der Waals surface area contributed by atoms with Gasteiger partial charge in [-0.05, 0) is 42.8 Å². The number of hydrogen-bond donors (Lipinski definition) is 2. The number of carboxylic acid groups (broad SMARTS) is 1. The molecule has 19 heavy (non-hydrogen) atoms. The molecule has 0 saturated carbocycles. The van der Waals surface area contributed by atoms with Gasteiger partial charge in [0.25, 0.3) is 0 Å². The Bertz CT molecular complexity index is 641. The van der Waals surface area contributed by atoms with Gasteiger partial charge in [0.05, 0.1) is 5.56 Å². The minimum absolute atomic E-state index is 0.0163. The first-order valence-electron chi connectivity index (χ1n) is 5.54. The summed E-state index contributed by atoms with van der Waals surface area (Å²) in [6.07, 6.45) is 0. The lowest BCUT2D eigenvalue weighted by Crippen LogP contribution is -2.02. The van der Waals surface area contributed by atoms with E-state index in [0.717, 1.165) is 0 Å². The molecular formula is C14H12FNO3. The number of rotatable bonds is 3. The Morgan fingerprint density at radius 3 is 2.42 bits per heavy atom. The van der Waals surface area contributed by atoms with Crippen molar-refractivity contribution < 1.29 is 19.0 Å². The molecule has 0 aliphatic heterocycles. The number of anilines is 1. The molecule has 0 aliphatic carbocycles. The van der Waals surface area contributed by atoms with E-state index in [4.69, 9.17) is 15.6 Å². The summed E-state index contributed by atoms with van der Waals surface area (Å²) in [4.78, 5) is 10.8. The second-order valence-electron chi connectivity index (χ2n) is 4.07. The maximum absolute atomic E-state index is 13.1. The molecule has 0 fully saturated rings. The molecule has 0 radical (unpaired) electrons. The van der Waals surface area contributed by atoms with Crippen molar-refractivity contribution in [1.29, 1.82) is 0 Å². The van der Waals surface area contributed by atoms with Crippen molar-refractivity contribution in [2.75, 3.05) is 5.73 Å². The minimum Gasteiger partial charge on any atom is -0.478 e. The van der Waals surface area contributed by atoms with Crippen molar-refractivity contribution in [3.05, 3.63) is 53.3 Å². The molecule has 98 valence electrons. The number of aromatic carboxylic acids is 1. The Labute approximate surface area is 109 Å². The molecule has 0 unspecified atom stereocenters. The van der Waals surface area contributed by atoms with Crippen LogP contribution in [0.5, 0.6) is 11.5 Å². The molecule has 4 nitrogen and oxygen atoms in total. The summed E-state index contributed by atoms with van der Waals surface area (Å²) in [5.74, 6) is -0.551. The number of hydrogen-bond acceptors (Lipinski definition) is 3. The topological polar surface area (TPSA) is 72.5 Å². The average Bonchev–Trinajstić information content (AvgIpc) is 2.33. The van der Waals surface area contributed by atoms with Crippen LogP contribution in [0.25, 0.3) is 0 Å². The third kappa shape index (κ3) is 2.82. The smallest absolute Gasteiger partial charge is 0.337 e. The molecule has 0 bridgehead atoms. The van der Waals surface area contributed by atoms with Crippen molar-refractivity contribution in [1.82, 2.24) is 0 Å². The molecule has 0 saturated heterocycles. The number of carbonyl (C=O) groups is 1. The highest BCUT2D eigenvalue weighted by molar-refractivity contribution is 5.93. The summed E-state index contributed by atoms with van der Waals surface area (Å²) in [5, 5.41) is 8.85. The SMILES string of the molecule is Cc1cc(Oc2ccc(C(=O)O)c(N)c2)ccc1F. The van der Waals surface area contributed by atoms with E-state index in [1.165, 1.54) is 30.3 Å². The van der Waals surface area contributed by atoms with Gasteiger partial charge >= 0.3 is 5.97 Å². The van der Waals surface area contributed by atoms with Gasteiger partial charge in [0, 0.05) is 11.8 Å². The number of benzene rings is 2. The Kier molecular flexibility index (Phi) is 3.37. The number of nitrogen functional groups attached to an aromatic ring is 1. The zero-order valence-corrected chi connectivity index (χ0v) is 10.2. The predicted molar refractivity (Wildman–Crippen MR) is 69.0 cm³/mol. The van der Waals surface area contributed by atoms with Gasteiger partial charge in [-0.25, -0.2) is 9.18 Å². The largest absolute Gasteiger partial charge is 0.478 e. The molecule has 0 atom stereocenters. The Hall–Kier alpha value is -2.56. The first-order chi connectivity index (χ1) is 8.97. The molecule has 3 N–H and O–H groups in total. The van der Waals surface area contributed by atoms with Crippen LogP contribution in [0, 0.1) is 12.7 Å². The zero-order valence-electron chi connectivity index (χ0n) is 10.2. The monoisotopic (exact) mass is 261 g/mol. The highest BCUT2D eigenvalue weighted by Gasteiger charge is 2.09. The molecule has 5 heteroatoms. The van der Waals surface area contributed by atoms with Crippen LogP contribution in [0.3, 0.4) is 0 Å². The standard InChI is InChI=1S/C14H12FNO3/c1-8-6-9(3-5-12(8)15)19-10-2-4-11(14(17)18)13(16)7-10/h2-7H,16H2,1H3,(H,17,18). The van der Waals surface area contributed by atoms with Gasteiger partial charge in [-0.3, -0.25) is 0 Å². The maximum Gasteiger partial charge on any atom is 0.337 e. The van der Waals surface area contributed by atoms with E-state index in [9.17, 15) is 9.18 Å². The van der Waals surface area contributed by atoms with Crippen molar-refractivity contribution >= 4 is 11.7 Å². The van der Waals surface area contributed by atoms with E-state index in [1.54, 1.807) is 13.0 Å². The fourth-order valence-electron chi connectivity index (χ4n) is 1.62. The van der Waals surface area contributed by atoms with Gasteiger partial charge in [-0.1, -0.05) is 0 Å². The minimum atomic E-state index is -1.10. The first kappa shape index (κ1) is 12.9. The van der Waals surface area contributed by atoms with Gasteiger partial charge in [0.2, 0.25) is 0 Å². The van der Waals surface area contributed by atoms with Crippen LogP contribution in [0.15, 0.2) is 36.4 Å². The van der Waals surface area contributed by atoms with Crippen molar-refractivity contribution in [3.8, 4) is 11.5 Å². The second kappa shape index (κ2) is 4.97. The summed E-state index contributed by atoms with van der Waals surface area (Å²) in [5.41, 5.74) is 6.21. The molecule has 0 aliphatic rings. The summed E-state index contributed by atoms with van der Waals surface area (Å²) >= 11 is 0. The summed E-state index contributed by atoms with van der Waals surface area (Å²) in [6, 6.07) is 8.63. The highest BCUT2D eigenvalue weighted by atomic mass is 19.1. The van der Waals surface area contributed by atoms with Crippen molar-refractivity contribution in [2.45, 2.75) is 6.92 Å². The molecule has 2 aromatic rings. The van der Waals surface area contributed by atoms with Crippen LogP contribution in [0.1, 0.15) is 15.9 Å². The van der Waals surface area contributed by atoms with Crippen LogP contribution in [0.4, 0.5) is 10.1 Å². The molecule has 0 heterocycles. The highest BCUT2D eigenvalue weighted by Crippen LogP contribution is 2.26. The van der Waals surface area contributed by atoms with E-state index in [1.807, 2.05) is 0 Å². The third-order valence-corrected chi connectivity index (χ3v) is 2.62. The average molecular weight is 261 g/mol. The van der Waals surface area contributed by atoms with E-state index in [0.29, 0.717) is 17.1 Å². The molecule has 2 rings (SSSR count). The fourth-order valence-corrected chi connectivity index (χ4v) is 1.62. The lowest BCUT2D eigenvalue weighted by atomic mass is 10.1. The van der Waals surface area contributed by atoms with Crippen LogP contribution < -0.4 is 10.5 Å². The lowest BCUT2D eigenvalue weighted by molar-refractivity contribution is 0.0698. The van der Waals surface area contributed by atoms with E-state index in [-0.39, 0.29) is 17.1 Å². The first-order valence-corrected chi connectivity index (χ1v) is 5.54. The summed E-state index contributed by atoms with van der Waals surface area (Å²) in [7, 11) is 0. The Balaban J connectivity index is 2.26. The van der Waals surface area contributed by atoms with Gasteiger partial charge in [-0.15, -0.1) is 0 Å². The molecule has 2 aromatic carbocycles. The quantitative estimate of drug-likeness (QED) is 0.832. The molecular weight excluding hydrogens is 249 g/mol. The van der Waals surface area contributed by atoms with Gasteiger partial charge < -0.3 is 15.6 Å². The number of nitrogens with two attached hydrogens (primary N) is 1. The summed E-state index contributed by atoms with van der Waals surface area (Å²) in [6.45, 7) is 1.63. The maximum atomic E-state index is 13.1. The summed E-state index contributed by atoms with van der Waals surface area (Å²) < 4.78 is 18.6. The van der Waals surface area contributed by atoms with E-state index >= 15 is 0 Å². The van der Waals surface area contributed by atoms with Crippen LogP contribution in [-0.4, -0.2) is 11.1 Å². The van der Waals surface area contributed by atoms with Crippen molar-refractivity contribution in [2.24, 2.45) is 0 Å². The van der Waals surface area contributed by atoms with E-state index < -0.39 is 5.97 Å². The van der Waals surface area contributed by atoms with Crippen LogP contribution >= 0.6 is 0 Å². The van der Waals surface area contributed by atoms with Gasteiger partial charge in [-0.2, -0.15) is 0 Å². The van der Waals surface area contributed by atoms with Crippen LogP contribution in [0.2, 0.25) is 0 Å². The molecule has 0 aromatic heterocycles. The number of carboxylic acids is 1. The second-order valence-corrected chi connectivity index (χ2v) is 4.07. The van der Waals surface area contributed by atoms with Crippen molar-refractivity contribution in [3.63, 3.8) is 0 Å². The van der Waals surface area contributed by atoms with Gasteiger partial charge in [0.15, 0.2) is 0 Å². The Morgan fingerprint density at radius 2 is 1.84 bits per heavy atom. The van der Waals surface area contributed by atoms with E-state index in [2.05, 4.69) is 0 Å². The number of aryl methyl sites for hydroxylation is 1. The number of ether oxygens (including phenoxy) is 1. The zero-order chi connectivity index (χ0) is 14.0. The fraction of sp³-hybridized carbons (Fsp3) is 0.0714. The third-order valence-electron chi connectivity index (χ3n) is 2.62. The molecule has 0 amide bonds.